The first-order valence-electron chi connectivity index (χ1n) is 10.1. The Morgan fingerprint density at radius 1 is 1.16 bits per heavy atom. The number of aryl methyl sites for hydroxylation is 2. The Balaban J connectivity index is 0.00000289. The molecule has 0 atom stereocenters. The monoisotopic (exact) mass is 452 g/mol. The second-order valence-electron chi connectivity index (χ2n) is 7.63. The first-order chi connectivity index (χ1) is 14.9. The fraction of sp³-hybridized carbons (Fsp3) is 0.208. The Kier molecular flexibility index (Phi) is 7.74. The standard InChI is InChI=1S/C24H25N6O.K/c1-15-8-5-6-11-19(15)30-18(12-17-10-7-9-16(2)20(17)24(30)31)13-29(4)22(25)21-23(26-3)28-14-27-21;/h5-12,14H,13H2,1-4H3,(H2-,25,26,27,28);/q-1;+1. The zero-order valence-corrected chi connectivity index (χ0v) is 22.2. The molecule has 0 fully saturated rings. The SMILES string of the molecule is C[N-]c1[nH]cnc1C(=N)N(C)Cc1cc2cccc(C)c2c(=O)n1-c1ccccc1C.[K+]. The quantitative estimate of drug-likeness (QED) is 0.273. The van der Waals surface area contributed by atoms with E-state index in [2.05, 4.69) is 15.3 Å². The Bertz CT molecular complexity index is 1340. The molecule has 2 aromatic carbocycles. The van der Waals surface area contributed by atoms with E-state index in [1.54, 1.807) is 16.5 Å². The number of aromatic amines is 1. The van der Waals surface area contributed by atoms with Gasteiger partial charge in [0.2, 0.25) is 0 Å². The van der Waals surface area contributed by atoms with Gasteiger partial charge < -0.3 is 15.2 Å². The molecule has 7 nitrogen and oxygen atoms in total. The van der Waals surface area contributed by atoms with Gasteiger partial charge in [0.1, 0.15) is 11.5 Å². The van der Waals surface area contributed by atoms with Gasteiger partial charge in [0, 0.05) is 19.1 Å². The molecule has 8 heteroatoms. The molecular formula is C24H25KN6O. The number of pyridine rings is 1. The summed E-state index contributed by atoms with van der Waals surface area (Å²) in [6, 6.07) is 15.8. The molecule has 0 bridgehead atoms. The van der Waals surface area contributed by atoms with Crippen LogP contribution in [0.25, 0.3) is 21.8 Å². The molecule has 0 saturated carbocycles. The molecule has 0 radical (unpaired) electrons. The normalized spacial score (nSPS) is 10.6. The van der Waals surface area contributed by atoms with Gasteiger partial charge in [-0.15, -0.1) is 0 Å². The van der Waals surface area contributed by atoms with Gasteiger partial charge in [-0.1, -0.05) is 43.4 Å². The number of rotatable bonds is 5. The van der Waals surface area contributed by atoms with Crippen molar-refractivity contribution in [2.24, 2.45) is 0 Å². The molecule has 0 aliphatic rings. The van der Waals surface area contributed by atoms with E-state index in [1.165, 1.54) is 6.33 Å². The molecule has 2 aromatic heterocycles. The molecule has 4 aromatic rings. The van der Waals surface area contributed by atoms with Crippen molar-refractivity contribution in [2.45, 2.75) is 20.4 Å². The van der Waals surface area contributed by atoms with Crippen LogP contribution in [0.3, 0.4) is 0 Å². The zero-order valence-electron chi connectivity index (χ0n) is 19.1. The Hall–Kier alpha value is -2.23. The van der Waals surface area contributed by atoms with Crippen LogP contribution in [0, 0.1) is 19.3 Å². The molecular weight excluding hydrogens is 427 g/mol. The number of benzene rings is 2. The summed E-state index contributed by atoms with van der Waals surface area (Å²) < 4.78 is 1.77. The van der Waals surface area contributed by atoms with Crippen LogP contribution in [0.2, 0.25) is 0 Å². The molecule has 0 aliphatic carbocycles. The van der Waals surface area contributed by atoms with E-state index in [0.29, 0.717) is 23.4 Å². The topological polar surface area (TPSA) is 91.9 Å². The molecule has 4 rings (SSSR count). The molecule has 158 valence electrons. The molecule has 0 aliphatic heterocycles. The Morgan fingerprint density at radius 3 is 2.59 bits per heavy atom. The summed E-state index contributed by atoms with van der Waals surface area (Å²) in [5.41, 5.74) is 4.03. The van der Waals surface area contributed by atoms with Crippen LogP contribution in [0.1, 0.15) is 22.5 Å². The largest absolute Gasteiger partial charge is 1.00 e. The second kappa shape index (κ2) is 10.1. The minimum absolute atomic E-state index is 0. The Labute approximate surface area is 229 Å². The first-order valence-corrected chi connectivity index (χ1v) is 10.1. The van der Waals surface area contributed by atoms with Gasteiger partial charge in [0.15, 0.2) is 0 Å². The number of fused-ring (bicyclic) bond motifs is 1. The van der Waals surface area contributed by atoms with Gasteiger partial charge in [0.25, 0.3) is 5.56 Å². The number of imidazole rings is 1. The summed E-state index contributed by atoms with van der Waals surface area (Å²) in [7, 11) is 3.48. The van der Waals surface area contributed by atoms with Gasteiger partial charge in [-0.25, -0.2) is 0 Å². The third kappa shape index (κ3) is 4.46. The van der Waals surface area contributed by atoms with Crippen LogP contribution >= 0.6 is 0 Å². The predicted molar refractivity (Wildman–Crippen MR) is 125 cm³/mol. The van der Waals surface area contributed by atoms with Gasteiger partial charge in [-0.2, -0.15) is 0 Å². The minimum atomic E-state index is -0.0520. The van der Waals surface area contributed by atoms with Crippen molar-refractivity contribution in [1.29, 1.82) is 5.41 Å². The third-order valence-corrected chi connectivity index (χ3v) is 5.54. The maximum atomic E-state index is 13.7. The Morgan fingerprint density at radius 2 is 1.88 bits per heavy atom. The van der Waals surface area contributed by atoms with E-state index in [9.17, 15) is 4.79 Å². The van der Waals surface area contributed by atoms with Gasteiger partial charge in [0.05, 0.1) is 17.6 Å². The minimum Gasteiger partial charge on any atom is -0.467 e. The molecule has 2 heterocycles. The van der Waals surface area contributed by atoms with Crippen LogP contribution in [-0.4, -0.2) is 39.4 Å². The summed E-state index contributed by atoms with van der Waals surface area (Å²) in [6.45, 7) is 4.32. The van der Waals surface area contributed by atoms with Crippen molar-refractivity contribution in [1.82, 2.24) is 19.4 Å². The van der Waals surface area contributed by atoms with E-state index in [4.69, 9.17) is 5.41 Å². The third-order valence-electron chi connectivity index (χ3n) is 5.54. The van der Waals surface area contributed by atoms with Crippen molar-refractivity contribution in [3.63, 3.8) is 0 Å². The molecule has 0 amide bonds. The molecule has 32 heavy (non-hydrogen) atoms. The summed E-state index contributed by atoms with van der Waals surface area (Å²) in [6.07, 6.45) is 1.53. The average Bonchev–Trinajstić information content (AvgIpc) is 3.23. The van der Waals surface area contributed by atoms with Crippen molar-refractivity contribution in [3.05, 3.63) is 93.0 Å². The average molecular weight is 453 g/mol. The van der Waals surface area contributed by atoms with E-state index in [1.807, 2.05) is 69.4 Å². The van der Waals surface area contributed by atoms with Crippen molar-refractivity contribution >= 4 is 22.4 Å². The first kappa shape index (κ1) is 24.4. The fourth-order valence-corrected chi connectivity index (χ4v) is 3.92. The summed E-state index contributed by atoms with van der Waals surface area (Å²) in [5, 5.41) is 14.4. The summed E-state index contributed by atoms with van der Waals surface area (Å²) in [5.74, 6) is 0.789. The number of amidine groups is 1. The number of hydrogen-bond acceptors (Lipinski definition) is 3. The van der Waals surface area contributed by atoms with Crippen LogP contribution in [-0.2, 0) is 6.54 Å². The van der Waals surface area contributed by atoms with Crippen LogP contribution in [0.5, 0.6) is 0 Å². The number of para-hydroxylation sites is 1. The molecule has 0 saturated heterocycles. The molecule has 2 N–H and O–H groups in total. The van der Waals surface area contributed by atoms with E-state index < -0.39 is 0 Å². The number of nitrogens with one attached hydrogen (secondary N) is 2. The van der Waals surface area contributed by atoms with Gasteiger partial charge in [-0.05, 0) is 48.3 Å². The van der Waals surface area contributed by atoms with Crippen LogP contribution in [0.15, 0.2) is 59.7 Å². The zero-order chi connectivity index (χ0) is 22.1. The number of hydrogen-bond donors (Lipinski definition) is 2. The molecule has 0 spiro atoms. The number of H-pyrrole nitrogens is 1. The summed E-state index contributed by atoms with van der Waals surface area (Å²) in [4.78, 5) is 22.6. The predicted octanol–water partition coefficient (Wildman–Crippen LogP) is 1.43. The van der Waals surface area contributed by atoms with E-state index in [-0.39, 0.29) is 62.8 Å². The van der Waals surface area contributed by atoms with Crippen molar-refractivity contribution in [3.8, 4) is 5.69 Å². The fourth-order valence-electron chi connectivity index (χ4n) is 3.92. The maximum absolute atomic E-state index is 13.7. The summed E-state index contributed by atoms with van der Waals surface area (Å²) >= 11 is 0. The van der Waals surface area contributed by atoms with Gasteiger partial charge in [-0.3, -0.25) is 19.8 Å². The maximum Gasteiger partial charge on any atom is 1.00 e. The van der Waals surface area contributed by atoms with Crippen molar-refractivity contribution < 1.29 is 51.4 Å². The van der Waals surface area contributed by atoms with Crippen molar-refractivity contribution in [2.75, 3.05) is 14.1 Å². The van der Waals surface area contributed by atoms with E-state index >= 15 is 0 Å². The smallest absolute Gasteiger partial charge is 0.467 e. The number of aromatic nitrogens is 3. The van der Waals surface area contributed by atoms with Crippen LogP contribution < -0.4 is 56.9 Å². The molecule has 0 unspecified atom stereocenters. The second-order valence-corrected chi connectivity index (χ2v) is 7.63. The number of nitrogens with zero attached hydrogens (tertiary/aromatic N) is 4. The van der Waals surface area contributed by atoms with Gasteiger partial charge >= 0.3 is 51.4 Å². The van der Waals surface area contributed by atoms with E-state index in [0.717, 1.165) is 27.9 Å². The van der Waals surface area contributed by atoms with Crippen LogP contribution in [0.4, 0.5) is 5.82 Å².